The lowest BCUT2D eigenvalue weighted by atomic mass is 9.51. The Morgan fingerprint density at radius 2 is 1.37 bits per heavy atom. The molecule has 0 aliphatic heterocycles. The van der Waals surface area contributed by atoms with Gasteiger partial charge in [-0.2, -0.15) is 13.2 Å². The van der Waals surface area contributed by atoms with Crippen LogP contribution in [0.5, 0.6) is 0 Å². The summed E-state index contributed by atoms with van der Waals surface area (Å²) < 4.78 is 48.5. The summed E-state index contributed by atoms with van der Waals surface area (Å²) in [5.41, 5.74) is 0.103. The highest BCUT2D eigenvalue weighted by molar-refractivity contribution is 6.84. The smallest absolute Gasteiger partial charge is 0.432 e. The van der Waals surface area contributed by atoms with Gasteiger partial charge in [0.2, 0.25) is 0 Å². The molecule has 35 heavy (non-hydrogen) atoms. The van der Waals surface area contributed by atoms with Gasteiger partial charge in [0.25, 0.3) is 0 Å². The van der Waals surface area contributed by atoms with E-state index in [1.54, 1.807) is 67.6 Å². The Labute approximate surface area is 203 Å². The Morgan fingerprint density at radius 1 is 0.886 bits per heavy atom. The number of carbonyl (C=O) groups is 1. The van der Waals surface area contributed by atoms with E-state index in [4.69, 9.17) is 4.74 Å². The predicted molar refractivity (Wildman–Crippen MR) is 134 cm³/mol. The molecule has 0 aliphatic rings. The van der Waals surface area contributed by atoms with Gasteiger partial charge in [0.05, 0.1) is 6.61 Å². The van der Waals surface area contributed by atoms with Gasteiger partial charge in [-0.3, -0.25) is 0 Å². The molecule has 3 aromatic carbocycles. The second kappa shape index (κ2) is 12.1. The number of alkyl halides is 3. The number of rotatable bonds is 9. The quantitative estimate of drug-likeness (QED) is 0.215. The summed E-state index contributed by atoms with van der Waals surface area (Å²) in [7, 11) is 0. The fraction of sp³-hybridized carbons (Fsp3) is 0.185. The maximum Gasteiger partial charge on any atom is 0.432 e. The Bertz CT molecular complexity index is 1130. The number of carbonyl (C=O) groups excluding carboxylic acids is 1. The van der Waals surface area contributed by atoms with E-state index in [0.717, 1.165) is 5.56 Å². The largest absolute Gasteiger partial charge is 0.462 e. The van der Waals surface area contributed by atoms with Crippen molar-refractivity contribution in [3.63, 3.8) is 0 Å². The molecule has 0 aromatic heterocycles. The molecular formula is C27H26BF3N2O2. The van der Waals surface area contributed by atoms with Crippen LogP contribution in [0.25, 0.3) is 0 Å². The van der Waals surface area contributed by atoms with Crippen LogP contribution >= 0.6 is 0 Å². The highest BCUT2D eigenvalue weighted by Gasteiger charge is 2.43. The van der Waals surface area contributed by atoms with E-state index >= 15 is 0 Å². The fourth-order valence-electron chi connectivity index (χ4n) is 3.57. The van der Waals surface area contributed by atoms with Gasteiger partial charge in [0, 0.05) is 12.2 Å². The topological polar surface area (TPSA) is 50.7 Å². The van der Waals surface area contributed by atoms with E-state index < -0.39 is 30.3 Å². The number of nitrogens with one attached hydrogen (secondary N) is 1. The van der Waals surface area contributed by atoms with Crippen molar-refractivity contribution in [1.82, 2.24) is 5.32 Å². The summed E-state index contributed by atoms with van der Waals surface area (Å²) >= 11 is 0. The lowest BCUT2D eigenvalue weighted by molar-refractivity contribution is -0.138. The molecule has 0 aliphatic carbocycles. The normalized spacial score (nSPS) is 12.5. The highest BCUT2D eigenvalue weighted by Crippen LogP contribution is 2.25. The van der Waals surface area contributed by atoms with Crippen molar-refractivity contribution < 1.29 is 22.7 Å². The zero-order valence-electron chi connectivity index (χ0n) is 19.5. The number of hydrogen-bond donors (Lipinski definition) is 1. The van der Waals surface area contributed by atoms with Crippen LogP contribution in [0.15, 0.2) is 107 Å². The molecule has 1 N–H and O–H groups in total. The van der Waals surface area contributed by atoms with Crippen LogP contribution < -0.4 is 16.2 Å². The van der Waals surface area contributed by atoms with E-state index in [0.29, 0.717) is 10.9 Å². The van der Waals surface area contributed by atoms with Crippen molar-refractivity contribution in [2.45, 2.75) is 26.6 Å². The van der Waals surface area contributed by atoms with Crippen molar-refractivity contribution in [1.29, 1.82) is 0 Å². The maximum absolute atomic E-state index is 14.5. The first-order chi connectivity index (χ1) is 16.8. The molecule has 0 fully saturated rings. The summed E-state index contributed by atoms with van der Waals surface area (Å²) in [6.45, 7) is 2.17. The molecule has 0 radical (unpaired) electrons. The molecule has 0 atom stereocenters. The van der Waals surface area contributed by atoms with Crippen molar-refractivity contribution in [3.8, 4) is 0 Å². The third-order valence-corrected chi connectivity index (χ3v) is 5.25. The van der Waals surface area contributed by atoms with Crippen LogP contribution in [0.2, 0.25) is 0 Å². The molecule has 0 saturated heterocycles. The van der Waals surface area contributed by atoms with E-state index in [9.17, 15) is 18.0 Å². The number of allylic oxidation sites excluding steroid dienone is 1. The molecular weight excluding hydrogens is 452 g/mol. The number of halogens is 3. The van der Waals surface area contributed by atoms with E-state index in [-0.39, 0.29) is 18.8 Å². The number of nitrogens with zero attached hydrogens (tertiary/aromatic N) is 1. The average molecular weight is 478 g/mol. The summed E-state index contributed by atoms with van der Waals surface area (Å²) in [4.78, 5) is 17.0. The minimum atomic E-state index is -4.90. The standard InChI is InChI=1S/C27H26BF3N2O2/c1-3-35-26(34)24(20(2)32-19-21-13-7-4-8-14-21)25(27(29,30)31)33-28(22-15-9-5-10-16-22)23-17-11-6-12-18-23/h4-18,32H,3,19H2,1-2H3/b24-20-,33-25-. The van der Waals surface area contributed by atoms with Crippen molar-refractivity contribution in [2.75, 3.05) is 6.61 Å². The van der Waals surface area contributed by atoms with Gasteiger partial charge in [0.15, 0.2) is 0 Å². The zero-order valence-corrected chi connectivity index (χ0v) is 19.5. The Hall–Kier alpha value is -3.81. The maximum atomic E-state index is 14.5. The summed E-state index contributed by atoms with van der Waals surface area (Å²) in [6, 6.07) is 26.5. The second-order valence-corrected chi connectivity index (χ2v) is 7.76. The molecule has 0 bridgehead atoms. The van der Waals surface area contributed by atoms with Gasteiger partial charge in [-0.05, 0) is 30.3 Å². The highest BCUT2D eigenvalue weighted by atomic mass is 19.4. The van der Waals surface area contributed by atoms with Gasteiger partial charge in [0.1, 0.15) is 11.3 Å². The van der Waals surface area contributed by atoms with Gasteiger partial charge >= 0.3 is 19.0 Å². The first-order valence-electron chi connectivity index (χ1n) is 11.2. The zero-order chi connectivity index (χ0) is 25.3. The van der Waals surface area contributed by atoms with Crippen molar-refractivity contribution in [3.05, 3.63) is 108 Å². The SMILES string of the molecule is CCOC(=O)C(/C(=N/B(c1ccccc1)c1ccccc1)C(F)(F)F)=C(/C)NCc1ccccc1. The lowest BCUT2D eigenvalue weighted by Gasteiger charge is -2.20. The number of esters is 1. The van der Waals surface area contributed by atoms with Gasteiger partial charge in [-0.25, -0.2) is 4.79 Å². The molecule has 180 valence electrons. The van der Waals surface area contributed by atoms with E-state index in [1.165, 1.54) is 6.92 Å². The second-order valence-electron chi connectivity index (χ2n) is 7.76. The predicted octanol–water partition coefficient (Wildman–Crippen LogP) is 4.42. The van der Waals surface area contributed by atoms with Gasteiger partial charge < -0.3 is 15.0 Å². The first-order valence-corrected chi connectivity index (χ1v) is 11.2. The minimum Gasteiger partial charge on any atom is -0.462 e. The monoisotopic (exact) mass is 478 g/mol. The number of hydrogen-bond acceptors (Lipinski definition) is 4. The molecule has 0 unspecified atom stereocenters. The Morgan fingerprint density at radius 3 is 1.83 bits per heavy atom. The van der Waals surface area contributed by atoms with E-state index in [1.807, 2.05) is 30.3 Å². The molecule has 0 heterocycles. The van der Waals surface area contributed by atoms with Crippen molar-refractivity contribution >= 4 is 29.5 Å². The van der Waals surface area contributed by atoms with Crippen LogP contribution in [0, 0.1) is 0 Å². The van der Waals surface area contributed by atoms with E-state index in [2.05, 4.69) is 10.2 Å². The van der Waals surface area contributed by atoms with Crippen molar-refractivity contribution in [2.24, 2.45) is 4.90 Å². The first kappa shape index (κ1) is 25.8. The molecule has 8 heteroatoms. The lowest BCUT2D eigenvalue weighted by Crippen LogP contribution is -2.44. The summed E-state index contributed by atoms with van der Waals surface area (Å²) in [6.07, 6.45) is -4.90. The Balaban J connectivity index is 2.15. The van der Waals surface area contributed by atoms with Crippen LogP contribution in [-0.2, 0) is 16.1 Å². The van der Waals surface area contributed by atoms with Gasteiger partial charge in [-0.15, -0.1) is 0 Å². The Kier molecular flexibility index (Phi) is 8.89. The summed E-state index contributed by atoms with van der Waals surface area (Å²) in [5, 5.41) is 2.94. The third kappa shape index (κ3) is 7.09. The third-order valence-electron chi connectivity index (χ3n) is 5.25. The number of ether oxygens (including phenoxy) is 1. The van der Waals surface area contributed by atoms with Crippen LogP contribution in [-0.4, -0.2) is 31.3 Å². The summed E-state index contributed by atoms with van der Waals surface area (Å²) in [5.74, 6) is -1.08. The molecule has 0 spiro atoms. The molecule has 3 rings (SSSR count). The molecule has 0 saturated carbocycles. The van der Waals surface area contributed by atoms with Gasteiger partial charge in [-0.1, -0.05) is 91.0 Å². The minimum absolute atomic E-state index is 0.0308. The molecule has 3 aromatic rings. The van der Waals surface area contributed by atoms with Crippen LogP contribution in [0.3, 0.4) is 0 Å². The van der Waals surface area contributed by atoms with Crippen LogP contribution in [0.4, 0.5) is 13.2 Å². The van der Waals surface area contributed by atoms with Crippen LogP contribution in [0.1, 0.15) is 19.4 Å². The fourth-order valence-corrected chi connectivity index (χ4v) is 3.57. The number of benzene rings is 3. The molecule has 4 nitrogen and oxygen atoms in total. The average Bonchev–Trinajstić information content (AvgIpc) is 2.86. The molecule has 0 amide bonds.